The summed E-state index contributed by atoms with van der Waals surface area (Å²) in [7, 11) is 0. The van der Waals surface area contributed by atoms with Gasteiger partial charge in [-0.25, -0.2) is 0 Å². The summed E-state index contributed by atoms with van der Waals surface area (Å²) in [6, 6.07) is 4.55. The largest absolute Gasteiger partial charge is 0.313 e. The predicted molar refractivity (Wildman–Crippen MR) is 81.4 cm³/mol. The normalized spacial score (nSPS) is 10.8. The Bertz CT molecular complexity index is 627. The number of aromatic nitrogens is 2. The number of nitro groups is 1. The van der Waals surface area contributed by atoms with Gasteiger partial charge in [0.1, 0.15) is 0 Å². The Kier molecular flexibility index (Phi) is 5.30. The minimum absolute atomic E-state index is 0.0561. The molecule has 2 aromatic rings. The monoisotopic (exact) mass is 308 g/mol. The molecule has 0 spiro atoms. The third kappa shape index (κ3) is 4.27. The highest BCUT2D eigenvalue weighted by Crippen LogP contribution is 2.23. The third-order valence-corrected chi connectivity index (χ3v) is 3.25. The third-order valence-electron chi connectivity index (χ3n) is 3.01. The lowest BCUT2D eigenvalue weighted by Gasteiger charge is -2.04. The van der Waals surface area contributed by atoms with E-state index in [0.29, 0.717) is 17.1 Å². The second kappa shape index (κ2) is 7.19. The summed E-state index contributed by atoms with van der Waals surface area (Å²) in [5.41, 5.74) is 1.65. The van der Waals surface area contributed by atoms with Crippen LogP contribution in [0, 0.1) is 10.1 Å². The molecule has 1 N–H and O–H groups in total. The molecule has 112 valence electrons. The molecular formula is C14H17ClN4O2. The molecule has 0 amide bonds. The number of nitrogens with one attached hydrogen (secondary N) is 1. The number of halogens is 1. The molecule has 1 heterocycles. The lowest BCUT2D eigenvalue weighted by Crippen LogP contribution is -2.13. The van der Waals surface area contributed by atoms with Gasteiger partial charge in [0.25, 0.3) is 5.69 Å². The van der Waals surface area contributed by atoms with Crippen molar-refractivity contribution in [3.8, 4) is 0 Å². The zero-order chi connectivity index (χ0) is 15.2. The minimum Gasteiger partial charge on any atom is -0.313 e. The summed E-state index contributed by atoms with van der Waals surface area (Å²) in [4.78, 5) is 10.6. The second-order valence-corrected chi connectivity index (χ2v) is 5.19. The van der Waals surface area contributed by atoms with Crippen molar-refractivity contribution < 1.29 is 4.92 Å². The fourth-order valence-corrected chi connectivity index (χ4v) is 2.22. The van der Waals surface area contributed by atoms with Crippen LogP contribution in [-0.4, -0.2) is 21.2 Å². The van der Waals surface area contributed by atoms with Crippen molar-refractivity contribution in [1.82, 2.24) is 15.1 Å². The molecule has 0 aliphatic heterocycles. The summed E-state index contributed by atoms with van der Waals surface area (Å²) >= 11 is 5.92. The van der Waals surface area contributed by atoms with E-state index in [0.717, 1.165) is 25.1 Å². The van der Waals surface area contributed by atoms with Crippen LogP contribution in [0.2, 0.25) is 5.02 Å². The first-order valence-electron chi connectivity index (χ1n) is 6.75. The summed E-state index contributed by atoms with van der Waals surface area (Å²) in [5, 5.41) is 19.0. The van der Waals surface area contributed by atoms with Gasteiger partial charge in [-0.15, -0.1) is 0 Å². The Labute approximate surface area is 127 Å². The van der Waals surface area contributed by atoms with Gasteiger partial charge in [-0.3, -0.25) is 14.8 Å². The molecule has 6 nitrogen and oxygen atoms in total. The van der Waals surface area contributed by atoms with E-state index in [1.807, 2.05) is 6.20 Å². The SMILES string of the molecule is CCCNCc1cnn(Cc2cc(Cl)ccc2[N+](=O)[O-])c1. The highest BCUT2D eigenvalue weighted by molar-refractivity contribution is 6.30. The van der Waals surface area contributed by atoms with Crippen molar-refractivity contribution in [3.05, 3.63) is 56.9 Å². The smallest absolute Gasteiger partial charge is 0.274 e. The minimum atomic E-state index is -0.404. The second-order valence-electron chi connectivity index (χ2n) is 4.75. The van der Waals surface area contributed by atoms with Crippen molar-refractivity contribution in [2.24, 2.45) is 0 Å². The number of nitro benzene ring substituents is 1. The summed E-state index contributed by atoms with van der Waals surface area (Å²) in [6.45, 7) is 4.12. The zero-order valence-electron chi connectivity index (χ0n) is 11.8. The molecule has 2 rings (SSSR count). The van der Waals surface area contributed by atoms with Crippen molar-refractivity contribution in [1.29, 1.82) is 0 Å². The van der Waals surface area contributed by atoms with E-state index in [9.17, 15) is 10.1 Å². The molecule has 1 aromatic heterocycles. The number of hydrogen-bond acceptors (Lipinski definition) is 4. The Hall–Kier alpha value is -1.92. The van der Waals surface area contributed by atoms with E-state index >= 15 is 0 Å². The first kappa shape index (κ1) is 15.5. The van der Waals surface area contributed by atoms with Gasteiger partial charge in [-0.2, -0.15) is 5.10 Å². The number of rotatable bonds is 7. The van der Waals surface area contributed by atoms with Crippen molar-refractivity contribution in [3.63, 3.8) is 0 Å². The standard InChI is InChI=1S/C14H17ClN4O2/c1-2-5-16-7-11-8-17-18(9-11)10-12-6-13(15)3-4-14(12)19(20)21/h3-4,6,8-9,16H,2,5,7,10H2,1H3. The van der Waals surface area contributed by atoms with Crippen LogP contribution in [0.4, 0.5) is 5.69 Å². The van der Waals surface area contributed by atoms with Gasteiger partial charge in [-0.1, -0.05) is 18.5 Å². The molecule has 7 heteroatoms. The average Bonchev–Trinajstić information content (AvgIpc) is 2.86. The molecule has 1 aromatic carbocycles. The van der Waals surface area contributed by atoms with Gasteiger partial charge < -0.3 is 5.32 Å². The summed E-state index contributed by atoms with van der Waals surface area (Å²) < 4.78 is 1.68. The summed E-state index contributed by atoms with van der Waals surface area (Å²) in [6.07, 6.45) is 4.72. The van der Waals surface area contributed by atoms with Gasteiger partial charge in [0, 0.05) is 29.4 Å². The van der Waals surface area contributed by atoms with Crippen LogP contribution in [0.1, 0.15) is 24.5 Å². The predicted octanol–water partition coefficient (Wildman–Crippen LogP) is 2.99. The Morgan fingerprint density at radius 2 is 2.29 bits per heavy atom. The molecule has 0 radical (unpaired) electrons. The molecule has 0 aliphatic rings. The van der Waals surface area contributed by atoms with Gasteiger partial charge in [0.2, 0.25) is 0 Å². The highest BCUT2D eigenvalue weighted by atomic mass is 35.5. The van der Waals surface area contributed by atoms with E-state index in [1.165, 1.54) is 12.1 Å². The van der Waals surface area contributed by atoms with Crippen LogP contribution in [-0.2, 0) is 13.1 Å². The molecule has 0 aliphatic carbocycles. The van der Waals surface area contributed by atoms with E-state index in [2.05, 4.69) is 17.3 Å². The Morgan fingerprint density at radius 1 is 1.48 bits per heavy atom. The maximum absolute atomic E-state index is 11.0. The van der Waals surface area contributed by atoms with Gasteiger partial charge >= 0.3 is 0 Å². The maximum Gasteiger partial charge on any atom is 0.274 e. The van der Waals surface area contributed by atoms with E-state index < -0.39 is 4.92 Å². The van der Waals surface area contributed by atoms with Crippen molar-refractivity contribution in [2.45, 2.75) is 26.4 Å². The van der Waals surface area contributed by atoms with Crippen LogP contribution in [0.3, 0.4) is 0 Å². The number of nitrogens with zero attached hydrogens (tertiary/aromatic N) is 3. The van der Waals surface area contributed by atoms with E-state index in [-0.39, 0.29) is 5.69 Å². The quantitative estimate of drug-likeness (QED) is 0.485. The number of benzene rings is 1. The lowest BCUT2D eigenvalue weighted by molar-refractivity contribution is -0.385. The van der Waals surface area contributed by atoms with Gasteiger partial charge in [0.05, 0.1) is 23.2 Å². The average molecular weight is 309 g/mol. The van der Waals surface area contributed by atoms with Crippen LogP contribution >= 0.6 is 11.6 Å². The maximum atomic E-state index is 11.0. The molecule has 0 atom stereocenters. The fraction of sp³-hybridized carbons (Fsp3) is 0.357. The van der Waals surface area contributed by atoms with Crippen LogP contribution in [0.25, 0.3) is 0 Å². The first-order valence-corrected chi connectivity index (χ1v) is 7.13. The zero-order valence-corrected chi connectivity index (χ0v) is 12.5. The van der Waals surface area contributed by atoms with E-state index in [1.54, 1.807) is 16.9 Å². The topological polar surface area (TPSA) is 73.0 Å². The lowest BCUT2D eigenvalue weighted by atomic mass is 10.2. The van der Waals surface area contributed by atoms with Crippen LogP contribution < -0.4 is 5.32 Å². The van der Waals surface area contributed by atoms with Gasteiger partial charge in [0.15, 0.2) is 0 Å². The molecular weight excluding hydrogens is 292 g/mol. The molecule has 0 fully saturated rings. The molecule has 0 saturated heterocycles. The fourth-order valence-electron chi connectivity index (χ4n) is 2.03. The first-order chi connectivity index (χ1) is 10.1. The van der Waals surface area contributed by atoms with Gasteiger partial charge in [-0.05, 0) is 25.1 Å². The molecule has 0 unspecified atom stereocenters. The van der Waals surface area contributed by atoms with E-state index in [4.69, 9.17) is 11.6 Å². The number of hydrogen-bond donors (Lipinski definition) is 1. The Morgan fingerprint density at radius 3 is 3.00 bits per heavy atom. The molecule has 21 heavy (non-hydrogen) atoms. The van der Waals surface area contributed by atoms with Crippen LogP contribution in [0.5, 0.6) is 0 Å². The van der Waals surface area contributed by atoms with Crippen molar-refractivity contribution >= 4 is 17.3 Å². The molecule has 0 saturated carbocycles. The van der Waals surface area contributed by atoms with Crippen molar-refractivity contribution in [2.75, 3.05) is 6.54 Å². The Balaban J connectivity index is 2.11. The molecule has 0 bridgehead atoms. The van der Waals surface area contributed by atoms with Crippen LogP contribution in [0.15, 0.2) is 30.6 Å². The highest BCUT2D eigenvalue weighted by Gasteiger charge is 2.14. The summed E-state index contributed by atoms with van der Waals surface area (Å²) in [5.74, 6) is 0.